The molecular weight excluding hydrogens is 274 g/mol. The number of hydrogen-bond acceptors (Lipinski definition) is 3. The molecule has 22 heavy (non-hydrogen) atoms. The summed E-state index contributed by atoms with van der Waals surface area (Å²) in [5.74, 6) is 0.995. The van der Waals surface area contributed by atoms with E-state index in [1.54, 1.807) is 6.20 Å². The second kappa shape index (κ2) is 8.76. The van der Waals surface area contributed by atoms with Gasteiger partial charge in [-0.1, -0.05) is 26.7 Å². The zero-order chi connectivity index (χ0) is 15.8. The van der Waals surface area contributed by atoms with Crippen LogP contribution in [0.25, 0.3) is 0 Å². The van der Waals surface area contributed by atoms with Crippen molar-refractivity contribution in [3.63, 3.8) is 0 Å². The van der Waals surface area contributed by atoms with Gasteiger partial charge in [-0.05, 0) is 44.2 Å². The predicted molar refractivity (Wildman–Crippen MR) is 91.4 cm³/mol. The first-order chi connectivity index (χ1) is 10.8. The van der Waals surface area contributed by atoms with Crippen LogP contribution in [0, 0.1) is 0 Å². The van der Waals surface area contributed by atoms with Crippen molar-refractivity contribution in [2.45, 2.75) is 64.8 Å². The van der Waals surface area contributed by atoms with Crippen LogP contribution in [-0.2, 0) is 0 Å². The zero-order valence-electron chi connectivity index (χ0n) is 14.0. The van der Waals surface area contributed by atoms with E-state index in [4.69, 9.17) is 0 Å². The zero-order valence-corrected chi connectivity index (χ0v) is 14.0. The van der Waals surface area contributed by atoms with E-state index in [0.717, 1.165) is 38.2 Å². The number of piperidine rings is 1. The molecule has 1 amide bonds. The third kappa shape index (κ3) is 4.46. The fourth-order valence-corrected chi connectivity index (χ4v) is 3.10. The number of anilines is 1. The van der Waals surface area contributed by atoms with E-state index >= 15 is 0 Å². The van der Waals surface area contributed by atoms with Crippen molar-refractivity contribution in [2.75, 3.05) is 18.0 Å². The van der Waals surface area contributed by atoms with Gasteiger partial charge in [-0.25, -0.2) is 4.98 Å². The van der Waals surface area contributed by atoms with E-state index in [9.17, 15) is 4.79 Å². The van der Waals surface area contributed by atoms with Crippen LogP contribution in [-0.4, -0.2) is 30.0 Å². The first kappa shape index (κ1) is 16.8. The molecule has 1 fully saturated rings. The first-order valence-corrected chi connectivity index (χ1v) is 8.77. The summed E-state index contributed by atoms with van der Waals surface area (Å²) in [6.07, 6.45) is 10.0. The second-order valence-electron chi connectivity index (χ2n) is 6.12. The molecule has 1 aromatic heterocycles. The Bertz CT molecular complexity index is 458. The van der Waals surface area contributed by atoms with Crippen LogP contribution in [0.3, 0.4) is 0 Å². The molecule has 1 unspecified atom stereocenters. The highest BCUT2D eigenvalue weighted by Gasteiger charge is 2.22. The fourth-order valence-electron chi connectivity index (χ4n) is 3.10. The lowest BCUT2D eigenvalue weighted by Gasteiger charge is -2.36. The van der Waals surface area contributed by atoms with Crippen molar-refractivity contribution >= 4 is 11.7 Å². The maximum absolute atomic E-state index is 12.1. The number of nitrogens with zero attached hydrogens (tertiary/aromatic N) is 2. The van der Waals surface area contributed by atoms with E-state index in [2.05, 4.69) is 29.0 Å². The third-order valence-corrected chi connectivity index (χ3v) is 4.47. The molecule has 0 aromatic carbocycles. The van der Waals surface area contributed by atoms with Crippen LogP contribution in [0.1, 0.15) is 69.2 Å². The number of carbonyl (C=O) groups excluding carboxylic acids is 1. The number of carbonyl (C=O) groups is 1. The number of nitrogens with one attached hydrogen (secondary N) is 1. The Morgan fingerprint density at radius 3 is 2.86 bits per heavy atom. The van der Waals surface area contributed by atoms with Gasteiger partial charge in [0.1, 0.15) is 5.82 Å². The van der Waals surface area contributed by atoms with Crippen LogP contribution in [0.4, 0.5) is 5.82 Å². The molecule has 1 aromatic rings. The Morgan fingerprint density at radius 2 is 2.18 bits per heavy atom. The highest BCUT2D eigenvalue weighted by Crippen LogP contribution is 2.24. The molecule has 4 heteroatoms. The summed E-state index contributed by atoms with van der Waals surface area (Å²) in [7, 11) is 0. The number of rotatable bonds is 7. The normalized spacial score (nSPS) is 18.3. The summed E-state index contributed by atoms with van der Waals surface area (Å²) in [6.45, 7) is 6.22. The molecule has 122 valence electrons. The molecular formula is C18H29N3O. The molecule has 0 aliphatic carbocycles. The molecule has 0 radical (unpaired) electrons. The maximum Gasteiger partial charge on any atom is 0.252 e. The molecule has 0 spiro atoms. The van der Waals surface area contributed by atoms with Crippen molar-refractivity contribution in [2.24, 2.45) is 0 Å². The lowest BCUT2D eigenvalue weighted by Crippen LogP contribution is -2.39. The van der Waals surface area contributed by atoms with Gasteiger partial charge in [0, 0.05) is 25.3 Å². The van der Waals surface area contributed by atoms with Crippen LogP contribution in [0.2, 0.25) is 0 Å². The SMILES string of the molecule is CCCCCNC(=O)c1ccc(N2CCCCC2CC)nc1. The summed E-state index contributed by atoms with van der Waals surface area (Å²) < 4.78 is 0. The van der Waals surface area contributed by atoms with Gasteiger partial charge in [-0.15, -0.1) is 0 Å². The summed E-state index contributed by atoms with van der Waals surface area (Å²) in [4.78, 5) is 19.0. The van der Waals surface area contributed by atoms with Crippen molar-refractivity contribution in [3.8, 4) is 0 Å². The fraction of sp³-hybridized carbons (Fsp3) is 0.667. The Hall–Kier alpha value is -1.58. The Morgan fingerprint density at radius 1 is 1.32 bits per heavy atom. The Kier molecular flexibility index (Phi) is 6.69. The van der Waals surface area contributed by atoms with Gasteiger partial charge in [-0.2, -0.15) is 0 Å². The van der Waals surface area contributed by atoms with Crippen LogP contribution in [0.15, 0.2) is 18.3 Å². The summed E-state index contributed by atoms with van der Waals surface area (Å²) in [6, 6.07) is 4.49. The molecule has 1 saturated heterocycles. The van der Waals surface area contributed by atoms with E-state index in [1.807, 2.05) is 12.1 Å². The van der Waals surface area contributed by atoms with Gasteiger partial charge >= 0.3 is 0 Å². The van der Waals surface area contributed by atoms with E-state index in [1.165, 1.54) is 25.7 Å². The quantitative estimate of drug-likeness (QED) is 0.780. The minimum atomic E-state index is -0.0131. The van der Waals surface area contributed by atoms with Crippen LogP contribution < -0.4 is 10.2 Å². The van der Waals surface area contributed by atoms with E-state index < -0.39 is 0 Å². The number of unbranched alkanes of at least 4 members (excludes halogenated alkanes) is 2. The highest BCUT2D eigenvalue weighted by atomic mass is 16.1. The average molecular weight is 303 g/mol. The summed E-state index contributed by atoms with van der Waals surface area (Å²) >= 11 is 0. The molecule has 4 nitrogen and oxygen atoms in total. The molecule has 0 bridgehead atoms. The number of pyridine rings is 1. The van der Waals surface area contributed by atoms with Gasteiger partial charge in [0.15, 0.2) is 0 Å². The van der Waals surface area contributed by atoms with Gasteiger partial charge < -0.3 is 10.2 Å². The molecule has 1 aliphatic rings. The van der Waals surface area contributed by atoms with Crippen LogP contribution in [0.5, 0.6) is 0 Å². The van der Waals surface area contributed by atoms with Crippen molar-refractivity contribution < 1.29 is 4.79 Å². The van der Waals surface area contributed by atoms with Gasteiger partial charge in [0.25, 0.3) is 5.91 Å². The number of aromatic nitrogens is 1. The number of hydrogen-bond donors (Lipinski definition) is 1. The minimum Gasteiger partial charge on any atom is -0.354 e. The van der Waals surface area contributed by atoms with Crippen LogP contribution >= 0.6 is 0 Å². The third-order valence-electron chi connectivity index (χ3n) is 4.47. The first-order valence-electron chi connectivity index (χ1n) is 8.77. The van der Waals surface area contributed by atoms with E-state index in [-0.39, 0.29) is 5.91 Å². The van der Waals surface area contributed by atoms with Crippen molar-refractivity contribution in [1.29, 1.82) is 0 Å². The molecule has 1 N–H and O–H groups in total. The van der Waals surface area contributed by atoms with Crippen molar-refractivity contribution in [3.05, 3.63) is 23.9 Å². The second-order valence-corrected chi connectivity index (χ2v) is 6.12. The van der Waals surface area contributed by atoms with E-state index in [0.29, 0.717) is 11.6 Å². The van der Waals surface area contributed by atoms with Gasteiger partial charge in [0.05, 0.1) is 5.56 Å². The predicted octanol–water partition coefficient (Wildman–Crippen LogP) is 3.77. The molecule has 2 rings (SSSR count). The topological polar surface area (TPSA) is 45.2 Å². The standard InChI is InChI=1S/C18H29N3O/c1-3-5-7-12-19-18(22)15-10-11-17(20-14-15)21-13-8-6-9-16(21)4-2/h10-11,14,16H,3-9,12-13H2,1-2H3,(H,19,22). The Labute approximate surface area is 134 Å². The summed E-state index contributed by atoms with van der Waals surface area (Å²) in [5, 5.41) is 2.96. The summed E-state index contributed by atoms with van der Waals surface area (Å²) in [5.41, 5.74) is 0.658. The number of amides is 1. The lowest BCUT2D eigenvalue weighted by atomic mass is 10.00. The largest absolute Gasteiger partial charge is 0.354 e. The molecule has 1 atom stereocenters. The van der Waals surface area contributed by atoms with Crippen molar-refractivity contribution in [1.82, 2.24) is 10.3 Å². The van der Waals surface area contributed by atoms with Gasteiger partial charge in [0.2, 0.25) is 0 Å². The molecule has 0 saturated carbocycles. The Balaban J connectivity index is 1.93. The average Bonchev–Trinajstić information content (AvgIpc) is 2.58. The highest BCUT2D eigenvalue weighted by molar-refractivity contribution is 5.94. The maximum atomic E-state index is 12.1. The monoisotopic (exact) mass is 303 g/mol. The molecule has 2 heterocycles. The lowest BCUT2D eigenvalue weighted by molar-refractivity contribution is 0.0952. The molecule has 1 aliphatic heterocycles. The smallest absolute Gasteiger partial charge is 0.252 e. The van der Waals surface area contributed by atoms with Gasteiger partial charge in [-0.3, -0.25) is 4.79 Å². The minimum absolute atomic E-state index is 0.0131.